The van der Waals surface area contributed by atoms with Gasteiger partial charge in [0.15, 0.2) is 0 Å². The van der Waals surface area contributed by atoms with Crippen molar-refractivity contribution in [1.29, 1.82) is 0 Å². The molecule has 21 heavy (non-hydrogen) atoms. The van der Waals surface area contributed by atoms with Crippen molar-refractivity contribution in [3.8, 4) is 5.75 Å². The van der Waals surface area contributed by atoms with E-state index in [0.29, 0.717) is 31.3 Å². The molecule has 1 aliphatic heterocycles. The van der Waals surface area contributed by atoms with Crippen molar-refractivity contribution >= 4 is 26.0 Å². The van der Waals surface area contributed by atoms with E-state index in [0.717, 1.165) is 23.7 Å². The monoisotopic (exact) mass is 376 g/mol. The Morgan fingerprint density at radius 3 is 2.62 bits per heavy atom. The van der Waals surface area contributed by atoms with Gasteiger partial charge in [0.2, 0.25) is 10.0 Å². The minimum absolute atomic E-state index is 0.219. The lowest BCUT2D eigenvalue weighted by molar-refractivity contribution is 0.265. The number of hydrogen-bond donors (Lipinski definition) is 1. The van der Waals surface area contributed by atoms with Crippen molar-refractivity contribution in [2.75, 3.05) is 26.7 Å². The van der Waals surface area contributed by atoms with Crippen LogP contribution in [0.25, 0.3) is 0 Å². The molecule has 2 N–H and O–H groups in total. The van der Waals surface area contributed by atoms with Crippen LogP contribution in [0.5, 0.6) is 5.75 Å². The number of nitrogens with two attached hydrogens (primary N) is 1. The second-order valence-corrected chi connectivity index (χ2v) is 8.04. The summed E-state index contributed by atoms with van der Waals surface area (Å²) in [7, 11) is -2.04. The molecule has 118 valence electrons. The fraction of sp³-hybridized carbons (Fsp3) is 0.571. The number of benzene rings is 1. The highest BCUT2D eigenvalue weighted by Crippen LogP contribution is 2.32. The van der Waals surface area contributed by atoms with E-state index in [4.69, 9.17) is 10.5 Å². The first kappa shape index (κ1) is 16.7. The lowest BCUT2D eigenvalue weighted by atomic mass is 9.95. The maximum Gasteiger partial charge on any atom is 0.246 e. The Labute approximate surface area is 134 Å². The Balaban J connectivity index is 2.21. The van der Waals surface area contributed by atoms with Gasteiger partial charge in [-0.3, -0.25) is 0 Å². The van der Waals surface area contributed by atoms with Gasteiger partial charge in [0.05, 0.1) is 7.11 Å². The van der Waals surface area contributed by atoms with Gasteiger partial charge in [0.25, 0.3) is 0 Å². The zero-order valence-corrected chi connectivity index (χ0v) is 14.5. The predicted octanol–water partition coefficient (Wildman–Crippen LogP) is 2.21. The molecule has 0 radical (unpaired) electrons. The molecule has 0 amide bonds. The Hall–Kier alpha value is -0.630. The Bertz CT molecular complexity index is 584. The van der Waals surface area contributed by atoms with Gasteiger partial charge < -0.3 is 10.5 Å². The van der Waals surface area contributed by atoms with Crippen LogP contribution >= 0.6 is 15.9 Å². The van der Waals surface area contributed by atoms with Crippen LogP contribution in [0.1, 0.15) is 19.3 Å². The summed E-state index contributed by atoms with van der Waals surface area (Å²) in [4.78, 5) is 0.219. The molecule has 1 aromatic carbocycles. The fourth-order valence-corrected chi connectivity index (χ4v) is 4.83. The molecule has 0 spiro atoms. The van der Waals surface area contributed by atoms with Crippen LogP contribution in [-0.2, 0) is 10.0 Å². The first-order chi connectivity index (χ1) is 9.98. The molecule has 1 saturated heterocycles. The number of methoxy groups -OCH3 is 1. The molecule has 0 aromatic heterocycles. The zero-order valence-electron chi connectivity index (χ0n) is 12.1. The Kier molecular flexibility index (Phi) is 5.65. The highest BCUT2D eigenvalue weighted by Gasteiger charge is 2.31. The van der Waals surface area contributed by atoms with Crippen LogP contribution in [-0.4, -0.2) is 39.5 Å². The number of hydrogen-bond acceptors (Lipinski definition) is 4. The van der Waals surface area contributed by atoms with E-state index in [1.165, 1.54) is 7.11 Å². The molecular weight excluding hydrogens is 356 g/mol. The lowest BCUT2D eigenvalue weighted by Crippen LogP contribution is -2.39. The molecule has 0 unspecified atom stereocenters. The van der Waals surface area contributed by atoms with E-state index in [1.54, 1.807) is 22.5 Å². The summed E-state index contributed by atoms with van der Waals surface area (Å²) >= 11 is 3.32. The van der Waals surface area contributed by atoms with E-state index in [2.05, 4.69) is 15.9 Å². The maximum atomic E-state index is 12.8. The molecule has 0 atom stereocenters. The van der Waals surface area contributed by atoms with Gasteiger partial charge in [-0.2, -0.15) is 4.31 Å². The molecule has 0 saturated carbocycles. The van der Waals surface area contributed by atoms with Crippen LogP contribution in [0, 0.1) is 5.92 Å². The van der Waals surface area contributed by atoms with Crippen molar-refractivity contribution in [2.24, 2.45) is 11.7 Å². The summed E-state index contributed by atoms with van der Waals surface area (Å²) in [6.45, 7) is 1.75. The SMILES string of the molecule is COc1ccc(Br)cc1S(=O)(=O)N1CCC(CCN)CC1. The summed E-state index contributed by atoms with van der Waals surface area (Å²) in [5.41, 5.74) is 5.57. The van der Waals surface area contributed by atoms with Gasteiger partial charge >= 0.3 is 0 Å². The summed E-state index contributed by atoms with van der Waals surface area (Å²) in [6.07, 6.45) is 2.70. The molecule has 2 rings (SSSR count). The third kappa shape index (κ3) is 3.77. The normalized spacial score (nSPS) is 17.9. The third-order valence-corrected chi connectivity index (χ3v) is 6.30. The minimum Gasteiger partial charge on any atom is -0.495 e. The first-order valence-corrected chi connectivity index (χ1v) is 9.26. The number of piperidine rings is 1. The van der Waals surface area contributed by atoms with Gasteiger partial charge in [0.1, 0.15) is 10.6 Å². The smallest absolute Gasteiger partial charge is 0.246 e. The Morgan fingerprint density at radius 2 is 2.05 bits per heavy atom. The van der Waals surface area contributed by atoms with E-state index >= 15 is 0 Å². The highest BCUT2D eigenvalue weighted by molar-refractivity contribution is 9.10. The van der Waals surface area contributed by atoms with Crippen molar-refractivity contribution in [3.63, 3.8) is 0 Å². The van der Waals surface area contributed by atoms with Crippen LogP contribution in [0.4, 0.5) is 0 Å². The second-order valence-electron chi connectivity index (χ2n) is 5.22. The molecule has 1 aromatic rings. The molecule has 7 heteroatoms. The quantitative estimate of drug-likeness (QED) is 0.854. The second kappa shape index (κ2) is 7.09. The molecule has 0 bridgehead atoms. The molecule has 1 aliphatic rings. The third-order valence-electron chi connectivity index (χ3n) is 3.89. The molecule has 1 heterocycles. The summed E-state index contributed by atoms with van der Waals surface area (Å²) < 4.78 is 33.0. The number of halogens is 1. The maximum absolute atomic E-state index is 12.8. The average Bonchev–Trinajstić information content (AvgIpc) is 2.48. The molecule has 5 nitrogen and oxygen atoms in total. The van der Waals surface area contributed by atoms with Gasteiger partial charge in [-0.05, 0) is 49.9 Å². The van der Waals surface area contributed by atoms with E-state index in [9.17, 15) is 8.42 Å². The molecule has 0 aliphatic carbocycles. The van der Waals surface area contributed by atoms with Crippen molar-refractivity contribution in [3.05, 3.63) is 22.7 Å². The van der Waals surface area contributed by atoms with Crippen LogP contribution in [0.2, 0.25) is 0 Å². The number of sulfonamides is 1. The molecule has 1 fully saturated rings. The number of nitrogens with zero attached hydrogens (tertiary/aromatic N) is 1. The predicted molar refractivity (Wildman–Crippen MR) is 85.8 cm³/mol. The van der Waals surface area contributed by atoms with Gasteiger partial charge in [-0.15, -0.1) is 0 Å². The zero-order chi connectivity index (χ0) is 15.5. The van der Waals surface area contributed by atoms with Crippen LogP contribution in [0.15, 0.2) is 27.6 Å². The van der Waals surface area contributed by atoms with Gasteiger partial charge in [-0.25, -0.2) is 8.42 Å². The fourth-order valence-electron chi connectivity index (χ4n) is 2.67. The van der Waals surface area contributed by atoms with E-state index in [-0.39, 0.29) is 4.90 Å². The van der Waals surface area contributed by atoms with E-state index in [1.807, 2.05) is 0 Å². The largest absolute Gasteiger partial charge is 0.495 e. The standard InChI is InChI=1S/C14H21BrN2O3S/c1-20-13-3-2-12(15)10-14(13)21(18,19)17-8-5-11(4-7-16)6-9-17/h2-3,10-11H,4-9,16H2,1H3. The number of ether oxygens (including phenoxy) is 1. The average molecular weight is 377 g/mol. The van der Waals surface area contributed by atoms with Gasteiger partial charge in [-0.1, -0.05) is 15.9 Å². The topological polar surface area (TPSA) is 72.6 Å². The van der Waals surface area contributed by atoms with Crippen molar-refractivity contribution in [1.82, 2.24) is 4.31 Å². The van der Waals surface area contributed by atoms with Crippen LogP contribution < -0.4 is 10.5 Å². The summed E-state index contributed by atoms with van der Waals surface area (Å²) in [5, 5.41) is 0. The Morgan fingerprint density at radius 1 is 1.38 bits per heavy atom. The summed E-state index contributed by atoms with van der Waals surface area (Å²) in [6, 6.07) is 5.03. The summed E-state index contributed by atoms with van der Waals surface area (Å²) in [5.74, 6) is 0.910. The van der Waals surface area contributed by atoms with Crippen molar-refractivity contribution < 1.29 is 13.2 Å². The van der Waals surface area contributed by atoms with Gasteiger partial charge in [0, 0.05) is 17.6 Å². The minimum atomic E-state index is -3.52. The molecular formula is C14H21BrN2O3S. The first-order valence-electron chi connectivity index (χ1n) is 7.02. The van der Waals surface area contributed by atoms with Crippen molar-refractivity contribution in [2.45, 2.75) is 24.2 Å². The number of rotatable bonds is 5. The lowest BCUT2D eigenvalue weighted by Gasteiger charge is -2.31. The van der Waals surface area contributed by atoms with Crippen LogP contribution in [0.3, 0.4) is 0 Å². The highest BCUT2D eigenvalue weighted by atomic mass is 79.9. The van der Waals surface area contributed by atoms with E-state index < -0.39 is 10.0 Å².